The van der Waals surface area contributed by atoms with Crippen molar-refractivity contribution in [3.8, 4) is 5.88 Å². The Balaban J connectivity index is 2.02. The van der Waals surface area contributed by atoms with Crippen molar-refractivity contribution in [2.75, 3.05) is 19.7 Å². The molecular weight excluding hydrogens is 258 g/mol. The second-order valence-corrected chi connectivity index (χ2v) is 4.38. The minimum absolute atomic E-state index is 0.0664. The van der Waals surface area contributed by atoms with Gasteiger partial charge in [-0.05, 0) is 25.1 Å². The van der Waals surface area contributed by atoms with Gasteiger partial charge in [-0.3, -0.25) is 10.1 Å². The predicted molar refractivity (Wildman–Crippen MR) is 77.1 cm³/mol. The quantitative estimate of drug-likeness (QED) is 0.477. The van der Waals surface area contributed by atoms with Crippen molar-refractivity contribution in [3.63, 3.8) is 0 Å². The van der Waals surface area contributed by atoms with E-state index in [0.29, 0.717) is 18.0 Å². The van der Waals surface area contributed by atoms with Crippen LogP contribution in [-0.2, 0) is 0 Å². The van der Waals surface area contributed by atoms with Crippen LogP contribution in [0.5, 0.6) is 5.88 Å². The number of nitrogens with one attached hydrogen (secondary N) is 1. The summed E-state index contributed by atoms with van der Waals surface area (Å²) in [5, 5.41) is 14.7. The molecule has 6 nitrogen and oxygen atoms in total. The fourth-order valence-electron chi connectivity index (χ4n) is 1.82. The summed E-state index contributed by atoms with van der Waals surface area (Å²) in [4.78, 5) is 14.6. The Labute approximate surface area is 116 Å². The van der Waals surface area contributed by atoms with Gasteiger partial charge in [0.05, 0.1) is 10.4 Å². The fourth-order valence-corrected chi connectivity index (χ4v) is 1.82. The van der Waals surface area contributed by atoms with Crippen LogP contribution in [0.2, 0.25) is 0 Å². The minimum Gasteiger partial charge on any atom is -0.476 e. The lowest BCUT2D eigenvalue weighted by Crippen LogP contribution is -2.21. The van der Waals surface area contributed by atoms with Gasteiger partial charge in [-0.15, -0.1) is 0 Å². The largest absolute Gasteiger partial charge is 0.476 e. The predicted octanol–water partition coefficient (Wildman–Crippen LogP) is 2.52. The van der Waals surface area contributed by atoms with Gasteiger partial charge in [0.15, 0.2) is 0 Å². The number of nitrogens with zero attached hydrogens (tertiary/aromatic N) is 2. The molecule has 0 aliphatic heterocycles. The molecule has 106 valence electrons. The highest BCUT2D eigenvalue weighted by atomic mass is 16.6. The molecule has 0 radical (unpaired) electrons. The summed E-state index contributed by atoms with van der Waals surface area (Å²) in [6.07, 6.45) is 1.09. The van der Waals surface area contributed by atoms with Gasteiger partial charge in [-0.25, -0.2) is 4.98 Å². The molecule has 1 N–H and O–H groups in total. The second-order valence-electron chi connectivity index (χ2n) is 4.38. The lowest BCUT2D eigenvalue weighted by atomic mass is 10.2. The highest BCUT2D eigenvalue weighted by Crippen LogP contribution is 2.21. The van der Waals surface area contributed by atoms with E-state index in [0.717, 1.165) is 24.9 Å². The fraction of sp³-hybridized carbons (Fsp3) is 0.357. The first kappa shape index (κ1) is 14.2. The highest BCUT2D eigenvalue weighted by Gasteiger charge is 2.07. The maximum absolute atomic E-state index is 10.7. The number of rotatable bonds is 7. The average Bonchev–Trinajstić information content (AvgIpc) is 2.46. The number of hydrogen-bond acceptors (Lipinski definition) is 5. The maximum Gasteiger partial charge on any atom is 0.270 e. The van der Waals surface area contributed by atoms with Crippen LogP contribution < -0.4 is 10.1 Å². The summed E-state index contributed by atoms with van der Waals surface area (Å²) in [5.41, 5.74) is 0.756. The molecule has 0 aliphatic carbocycles. The lowest BCUT2D eigenvalue weighted by Gasteiger charge is -2.07. The zero-order chi connectivity index (χ0) is 14.4. The zero-order valence-electron chi connectivity index (χ0n) is 11.3. The normalized spacial score (nSPS) is 10.7. The topological polar surface area (TPSA) is 77.3 Å². The molecule has 1 aromatic heterocycles. The molecule has 0 atom stereocenters. The summed E-state index contributed by atoms with van der Waals surface area (Å²) in [6.45, 7) is 4.40. The van der Waals surface area contributed by atoms with Gasteiger partial charge in [0.1, 0.15) is 6.61 Å². The van der Waals surface area contributed by atoms with Crippen LogP contribution in [0, 0.1) is 10.1 Å². The molecule has 0 aliphatic rings. The maximum atomic E-state index is 10.7. The van der Waals surface area contributed by atoms with Crippen molar-refractivity contribution >= 4 is 16.6 Å². The lowest BCUT2D eigenvalue weighted by molar-refractivity contribution is -0.384. The summed E-state index contributed by atoms with van der Waals surface area (Å²) in [6, 6.07) is 8.10. The van der Waals surface area contributed by atoms with E-state index < -0.39 is 4.92 Å². The van der Waals surface area contributed by atoms with E-state index in [2.05, 4.69) is 17.2 Å². The molecule has 6 heteroatoms. The molecule has 2 rings (SSSR count). The number of non-ortho nitro benzene ring substituents is 1. The van der Waals surface area contributed by atoms with Crippen LogP contribution in [0.1, 0.15) is 13.3 Å². The first-order valence-corrected chi connectivity index (χ1v) is 6.59. The van der Waals surface area contributed by atoms with E-state index in [1.807, 2.05) is 0 Å². The van der Waals surface area contributed by atoms with E-state index in [-0.39, 0.29) is 5.69 Å². The van der Waals surface area contributed by atoms with E-state index in [4.69, 9.17) is 4.74 Å². The molecule has 1 aromatic carbocycles. The van der Waals surface area contributed by atoms with Crippen molar-refractivity contribution in [2.24, 2.45) is 0 Å². The van der Waals surface area contributed by atoms with Crippen molar-refractivity contribution in [1.29, 1.82) is 0 Å². The van der Waals surface area contributed by atoms with Crippen LogP contribution in [-0.4, -0.2) is 29.6 Å². The van der Waals surface area contributed by atoms with Gasteiger partial charge in [-0.2, -0.15) is 0 Å². The minimum atomic E-state index is -0.413. The zero-order valence-corrected chi connectivity index (χ0v) is 11.3. The number of nitro benzene ring substituents is 1. The van der Waals surface area contributed by atoms with Gasteiger partial charge in [0.2, 0.25) is 5.88 Å². The number of aromatic nitrogens is 1. The number of nitro groups is 1. The first-order valence-electron chi connectivity index (χ1n) is 6.59. The second kappa shape index (κ2) is 6.81. The Morgan fingerprint density at radius 2 is 2.15 bits per heavy atom. The summed E-state index contributed by atoms with van der Waals surface area (Å²) in [5.74, 6) is 0.532. The molecule has 0 spiro atoms. The summed E-state index contributed by atoms with van der Waals surface area (Å²) in [7, 11) is 0. The SMILES string of the molecule is CCCNCCOc1ccc2cc([N+](=O)[O-])ccc2n1. The third-order valence-corrected chi connectivity index (χ3v) is 2.81. The van der Waals surface area contributed by atoms with Crippen LogP contribution in [0.4, 0.5) is 5.69 Å². The summed E-state index contributed by atoms with van der Waals surface area (Å²) < 4.78 is 5.53. The number of ether oxygens (including phenoxy) is 1. The van der Waals surface area contributed by atoms with Crippen molar-refractivity contribution in [3.05, 3.63) is 40.4 Å². The van der Waals surface area contributed by atoms with Crippen LogP contribution in [0.15, 0.2) is 30.3 Å². The number of benzene rings is 1. The first-order chi connectivity index (χ1) is 9.70. The van der Waals surface area contributed by atoms with Crippen LogP contribution in [0.25, 0.3) is 10.9 Å². The molecule has 0 bridgehead atoms. The Morgan fingerprint density at radius 3 is 2.90 bits per heavy atom. The van der Waals surface area contributed by atoms with Gasteiger partial charge in [-0.1, -0.05) is 6.92 Å². The summed E-state index contributed by atoms with van der Waals surface area (Å²) >= 11 is 0. The van der Waals surface area contributed by atoms with E-state index in [1.54, 1.807) is 18.2 Å². The van der Waals surface area contributed by atoms with Gasteiger partial charge in [0, 0.05) is 30.1 Å². The molecular formula is C14H17N3O3. The van der Waals surface area contributed by atoms with Crippen LogP contribution >= 0.6 is 0 Å². The molecule has 20 heavy (non-hydrogen) atoms. The molecule has 0 fully saturated rings. The van der Waals surface area contributed by atoms with E-state index >= 15 is 0 Å². The van der Waals surface area contributed by atoms with Crippen molar-refractivity contribution in [1.82, 2.24) is 10.3 Å². The van der Waals surface area contributed by atoms with E-state index in [1.165, 1.54) is 12.1 Å². The van der Waals surface area contributed by atoms with Crippen molar-refractivity contribution in [2.45, 2.75) is 13.3 Å². The molecule has 0 saturated heterocycles. The van der Waals surface area contributed by atoms with Crippen molar-refractivity contribution < 1.29 is 9.66 Å². The number of hydrogen-bond donors (Lipinski definition) is 1. The number of fused-ring (bicyclic) bond motifs is 1. The molecule has 0 amide bonds. The Hall–Kier alpha value is -2.21. The molecule has 0 unspecified atom stereocenters. The molecule has 0 saturated carbocycles. The smallest absolute Gasteiger partial charge is 0.270 e. The molecule has 2 aromatic rings. The third kappa shape index (κ3) is 3.64. The average molecular weight is 275 g/mol. The Morgan fingerprint density at radius 1 is 1.30 bits per heavy atom. The number of pyridine rings is 1. The van der Waals surface area contributed by atoms with E-state index in [9.17, 15) is 10.1 Å². The molecule has 1 heterocycles. The standard InChI is InChI=1S/C14H17N3O3/c1-2-7-15-8-9-20-14-6-3-11-10-12(17(18)19)4-5-13(11)16-14/h3-6,10,15H,2,7-9H2,1H3. The Bertz CT molecular complexity index is 601. The van der Waals surface area contributed by atoms with Gasteiger partial charge < -0.3 is 10.1 Å². The third-order valence-electron chi connectivity index (χ3n) is 2.81. The monoisotopic (exact) mass is 275 g/mol. The Kier molecular flexibility index (Phi) is 4.84. The van der Waals surface area contributed by atoms with Crippen LogP contribution in [0.3, 0.4) is 0 Å². The van der Waals surface area contributed by atoms with Gasteiger partial charge >= 0.3 is 0 Å². The van der Waals surface area contributed by atoms with Gasteiger partial charge in [0.25, 0.3) is 5.69 Å². The highest BCUT2D eigenvalue weighted by molar-refractivity contribution is 5.81.